The zero-order valence-corrected chi connectivity index (χ0v) is 11.1. The van der Waals surface area contributed by atoms with Gasteiger partial charge in [-0.3, -0.25) is 0 Å². The largest absolute Gasteiger partial charge is 0.314 e. The zero-order valence-electron chi connectivity index (χ0n) is 11.1. The molecule has 1 rings (SSSR count). The van der Waals surface area contributed by atoms with Gasteiger partial charge in [0.15, 0.2) is 0 Å². The van der Waals surface area contributed by atoms with E-state index in [1.165, 1.54) is 25.8 Å². The van der Waals surface area contributed by atoms with Gasteiger partial charge in [-0.2, -0.15) is 0 Å². The average molecular weight is 212 g/mol. The van der Waals surface area contributed by atoms with E-state index in [9.17, 15) is 0 Å². The van der Waals surface area contributed by atoms with Crippen molar-refractivity contribution in [2.45, 2.75) is 59.0 Å². The van der Waals surface area contributed by atoms with Crippen LogP contribution < -0.4 is 5.32 Å². The maximum Gasteiger partial charge on any atom is 0.00924 e. The van der Waals surface area contributed by atoms with Crippen LogP contribution in [0.1, 0.15) is 47.0 Å². The lowest BCUT2D eigenvalue weighted by Crippen LogP contribution is -2.46. The van der Waals surface area contributed by atoms with Gasteiger partial charge in [0.2, 0.25) is 0 Å². The van der Waals surface area contributed by atoms with Crippen LogP contribution in [0.4, 0.5) is 0 Å². The summed E-state index contributed by atoms with van der Waals surface area (Å²) in [4.78, 5) is 2.55. The van der Waals surface area contributed by atoms with E-state index < -0.39 is 0 Å². The average Bonchev–Trinajstić information content (AvgIpc) is 1.96. The van der Waals surface area contributed by atoms with Gasteiger partial charge >= 0.3 is 0 Å². The van der Waals surface area contributed by atoms with E-state index in [1.54, 1.807) is 0 Å². The molecule has 0 aliphatic heterocycles. The smallest absolute Gasteiger partial charge is 0.00924 e. The predicted octanol–water partition coefficient (Wildman–Crippen LogP) is 2.49. The number of nitrogens with one attached hydrogen (secondary N) is 1. The summed E-state index contributed by atoms with van der Waals surface area (Å²) in [5.41, 5.74) is 0.384. The van der Waals surface area contributed by atoms with E-state index in [0.29, 0.717) is 11.5 Å². The van der Waals surface area contributed by atoms with Crippen LogP contribution in [0.5, 0.6) is 0 Å². The van der Waals surface area contributed by atoms with Gasteiger partial charge < -0.3 is 10.2 Å². The predicted molar refractivity (Wildman–Crippen MR) is 67.2 cm³/mol. The van der Waals surface area contributed by atoms with Crippen LogP contribution in [-0.2, 0) is 0 Å². The van der Waals surface area contributed by atoms with Crippen LogP contribution in [0, 0.1) is 5.41 Å². The highest BCUT2D eigenvalue weighted by Crippen LogP contribution is 2.26. The Hall–Kier alpha value is -0.0800. The van der Waals surface area contributed by atoms with Crippen molar-refractivity contribution < 1.29 is 0 Å². The molecule has 2 heteroatoms. The van der Waals surface area contributed by atoms with Crippen LogP contribution in [-0.4, -0.2) is 37.1 Å². The molecule has 1 saturated carbocycles. The monoisotopic (exact) mass is 212 g/mol. The summed E-state index contributed by atoms with van der Waals surface area (Å²) in [6, 6.07) is 1.46. The lowest BCUT2D eigenvalue weighted by atomic mass is 9.87. The van der Waals surface area contributed by atoms with Gasteiger partial charge in [0, 0.05) is 25.2 Å². The fourth-order valence-electron chi connectivity index (χ4n) is 2.17. The van der Waals surface area contributed by atoms with Crippen molar-refractivity contribution in [3.63, 3.8) is 0 Å². The minimum absolute atomic E-state index is 0.384. The molecule has 1 N–H and O–H groups in total. The van der Waals surface area contributed by atoms with Crippen molar-refractivity contribution in [2.75, 3.05) is 20.1 Å². The van der Waals surface area contributed by atoms with Gasteiger partial charge in [0.05, 0.1) is 0 Å². The van der Waals surface area contributed by atoms with E-state index in [1.807, 2.05) is 0 Å². The molecular formula is C13H28N2. The SMILES string of the molecule is CC(C)NCC(C)(C)CN(C)C1CCC1. The highest BCUT2D eigenvalue weighted by Gasteiger charge is 2.27. The van der Waals surface area contributed by atoms with Crippen LogP contribution in [0.25, 0.3) is 0 Å². The molecule has 0 saturated heterocycles. The first-order valence-electron chi connectivity index (χ1n) is 6.34. The zero-order chi connectivity index (χ0) is 11.5. The Balaban J connectivity index is 2.26. The molecule has 0 aromatic carbocycles. The molecule has 0 aromatic heterocycles. The topological polar surface area (TPSA) is 15.3 Å². The van der Waals surface area contributed by atoms with Crippen molar-refractivity contribution in [1.82, 2.24) is 10.2 Å². The van der Waals surface area contributed by atoms with Crippen molar-refractivity contribution in [3.05, 3.63) is 0 Å². The molecule has 90 valence electrons. The normalized spacial score (nSPS) is 18.6. The molecule has 15 heavy (non-hydrogen) atoms. The summed E-state index contributed by atoms with van der Waals surface area (Å²) in [7, 11) is 2.28. The van der Waals surface area contributed by atoms with Crippen LogP contribution >= 0.6 is 0 Å². The molecule has 0 radical (unpaired) electrons. The molecule has 0 unspecified atom stereocenters. The Morgan fingerprint density at radius 2 is 1.93 bits per heavy atom. The second-order valence-electron chi connectivity index (χ2n) is 6.20. The van der Waals surface area contributed by atoms with Crippen molar-refractivity contribution in [2.24, 2.45) is 5.41 Å². The van der Waals surface area contributed by atoms with Crippen molar-refractivity contribution in [3.8, 4) is 0 Å². The first kappa shape index (κ1) is 13.0. The minimum Gasteiger partial charge on any atom is -0.314 e. The molecule has 0 bridgehead atoms. The van der Waals surface area contributed by atoms with E-state index in [2.05, 4.69) is 45.0 Å². The van der Waals surface area contributed by atoms with Gasteiger partial charge in [-0.15, -0.1) is 0 Å². The first-order valence-corrected chi connectivity index (χ1v) is 6.34. The molecule has 0 heterocycles. The third-order valence-electron chi connectivity index (χ3n) is 3.36. The van der Waals surface area contributed by atoms with Gasteiger partial charge in [-0.25, -0.2) is 0 Å². The van der Waals surface area contributed by atoms with Gasteiger partial charge in [-0.1, -0.05) is 34.1 Å². The third-order valence-corrected chi connectivity index (χ3v) is 3.36. The molecular weight excluding hydrogens is 184 g/mol. The maximum absolute atomic E-state index is 3.54. The Kier molecular flexibility index (Phi) is 4.60. The highest BCUT2D eigenvalue weighted by atomic mass is 15.1. The molecule has 0 atom stereocenters. The molecule has 0 amide bonds. The van der Waals surface area contributed by atoms with Gasteiger partial charge in [0.1, 0.15) is 0 Å². The summed E-state index contributed by atoms with van der Waals surface area (Å²) < 4.78 is 0. The number of rotatable bonds is 6. The maximum atomic E-state index is 3.54. The molecule has 1 aliphatic rings. The first-order chi connectivity index (χ1) is 6.91. The van der Waals surface area contributed by atoms with Gasteiger partial charge in [0.25, 0.3) is 0 Å². The second kappa shape index (κ2) is 5.31. The number of hydrogen-bond donors (Lipinski definition) is 1. The van der Waals surface area contributed by atoms with Crippen molar-refractivity contribution in [1.29, 1.82) is 0 Å². The van der Waals surface area contributed by atoms with E-state index in [4.69, 9.17) is 0 Å². The lowest BCUT2D eigenvalue weighted by molar-refractivity contribution is 0.107. The quantitative estimate of drug-likeness (QED) is 0.728. The summed E-state index contributed by atoms with van der Waals surface area (Å²) in [5.74, 6) is 0. The molecule has 0 spiro atoms. The fourth-order valence-corrected chi connectivity index (χ4v) is 2.17. The number of hydrogen-bond acceptors (Lipinski definition) is 2. The van der Waals surface area contributed by atoms with Crippen LogP contribution in [0.3, 0.4) is 0 Å². The molecule has 2 nitrogen and oxygen atoms in total. The highest BCUT2D eigenvalue weighted by molar-refractivity contribution is 4.83. The Labute approximate surface area is 95.4 Å². The van der Waals surface area contributed by atoms with Crippen LogP contribution in [0.15, 0.2) is 0 Å². The molecule has 1 fully saturated rings. The Bertz CT molecular complexity index is 183. The standard InChI is InChI=1S/C13H28N2/c1-11(2)14-9-13(3,4)10-15(5)12-7-6-8-12/h11-12,14H,6-10H2,1-5H3. The lowest BCUT2D eigenvalue weighted by Gasteiger charge is -2.39. The van der Waals surface area contributed by atoms with E-state index >= 15 is 0 Å². The summed E-state index contributed by atoms with van der Waals surface area (Å²) >= 11 is 0. The summed E-state index contributed by atoms with van der Waals surface area (Å²) in [6.07, 6.45) is 4.24. The Morgan fingerprint density at radius 3 is 2.33 bits per heavy atom. The summed E-state index contributed by atoms with van der Waals surface area (Å²) in [6.45, 7) is 11.5. The van der Waals surface area contributed by atoms with Gasteiger partial charge in [-0.05, 0) is 25.3 Å². The Morgan fingerprint density at radius 1 is 1.33 bits per heavy atom. The number of nitrogens with zero attached hydrogens (tertiary/aromatic N) is 1. The minimum atomic E-state index is 0.384. The van der Waals surface area contributed by atoms with E-state index in [0.717, 1.165) is 12.6 Å². The third kappa shape index (κ3) is 4.52. The molecule has 1 aliphatic carbocycles. The second-order valence-corrected chi connectivity index (χ2v) is 6.20. The van der Waals surface area contributed by atoms with Crippen LogP contribution in [0.2, 0.25) is 0 Å². The van der Waals surface area contributed by atoms with Crippen molar-refractivity contribution >= 4 is 0 Å². The fraction of sp³-hybridized carbons (Fsp3) is 1.00. The molecule has 0 aromatic rings. The summed E-state index contributed by atoms with van der Waals surface area (Å²) in [5, 5.41) is 3.54. The van der Waals surface area contributed by atoms with E-state index in [-0.39, 0.29) is 0 Å².